The number of rotatable bonds is 4. The van der Waals surface area contributed by atoms with Crippen molar-refractivity contribution in [1.29, 1.82) is 0 Å². The quantitative estimate of drug-likeness (QED) is 0.942. The molecule has 1 fully saturated rings. The Labute approximate surface area is 136 Å². The van der Waals surface area contributed by atoms with Gasteiger partial charge in [0.2, 0.25) is 0 Å². The van der Waals surface area contributed by atoms with E-state index in [-0.39, 0.29) is 11.9 Å². The molecule has 2 aromatic rings. The van der Waals surface area contributed by atoms with Crippen molar-refractivity contribution in [3.63, 3.8) is 0 Å². The summed E-state index contributed by atoms with van der Waals surface area (Å²) in [5.74, 6) is 1.27. The number of carbonyl (C=O) groups is 1. The van der Waals surface area contributed by atoms with E-state index in [9.17, 15) is 4.79 Å². The summed E-state index contributed by atoms with van der Waals surface area (Å²) in [6.07, 6.45) is 4.70. The average molecular weight is 311 g/mol. The van der Waals surface area contributed by atoms with Crippen LogP contribution < -0.4 is 10.5 Å². The fourth-order valence-corrected chi connectivity index (χ4v) is 2.88. The molecule has 1 aromatic carbocycles. The summed E-state index contributed by atoms with van der Waals surface area (Å²) < 4.78 is 5.77. The molecule has 1 aromatic heterocycles. The fourth-order valence-electron chi connectivity index (χ4n) is 2.88. The van der Waals surface area contributed by atoms with Crippen molar-refractivity contribution in [2.45, 2.75) is 25.3 Å². The van der Waals surface area contributed by atoms with Crippen LogP contribution in [-0.4, -0.2) is 34.9 Å². The van der Waals surface area contributed by atoms with Gasteiger partial charge in [-0.15, -0.1) is 0 Å². The third-order valence-corrected chi connectivity index (χ3v) is 4.09. The Balaban J connectivity index is 1.77. The average Bonchev–Trinajstić information content (AvgIpc) is 2.62. The molecule has 1 unspecified atom stereocenters. The van der Waals surface area contributed by atoms with E-state index >= 15 is 0 Å². The van der Waals surface area contributed by atoms with Gasteiger partial charge in [-0.05, 0) is 37.5 Å². The van der Waals surface area contributed by atoms with Gasteiger partial charge in [0.25, 0.3) is 5.91 Å². The standard InChI is InChI=1S/C18H21N3O2/c19-13-14-6-4-5-11-21(14)18(22)17-12-16(9-10-20-17)23-15-7-2-1-3-8-15/h1-3,7-10,12,14H,4-6,11,13,19H2. The summed E-state index contributed by atoms with van der Waals surface area (Å²) in [7, 11) is 0. The van der Waals surface area contributed by atoms with Crippen LogP contribution >= 0.6 is 0 Å². The molecule has 2 N–H and O–H groups in total. The third-order valence-electron chi connectivity index (χ3n) is 4.09. The second kappa shape index (κ2) is 7.24. The van der Waals surface area contributed by atoms with Crippen LogP contribution in [0.3, 0.4) is 0 Å². The Morgan fingerprint density at radius 2 is 2.04 bits per heavy atom. The molecule has 0 spiro atoms. The van der Waals surface area contributed by atoms with Gasteiger partial charge in [-0.2, -0.15) is 0 Å². The molecular formula is C18H21N3O2. The lowest BCUT2D eigenvalue weighted by Crippen LogP contribution is -2.47. The summed E-state index contributed by atoms with van der Waals surface area (Å²) in [4.78, 5) is 18.8. The van der Waals surface area contributed by atoms with E-state index < -0.39 is 0 Å². The Morgan fingerprint density at radius 1 is 1.22 bits per heavy atom. The highest BCUT2D eigenvalue weighted by molar-refractivity contribution is 5.93. The van der Waals surface area contributed by atoms with Crippen LogP contribution in [0.2, 0.25) is 0 Å². The summed E-state index contributed by atoms with van der Waals surface area (Å²) in [6.45, 7) is 1.23. The van der Waals surface area contributed by atoms with Crippen LogP contribution in [0.5, 0.6) is 11.5 Å². The van der Waals surface area contributed by atoms with Crippen molar-refractivity contribution in [3.05, 3.63) is 54.4 Å². The largest absolute Gasteiger partial charge is 0.457 e. The van der Waals surface area contributed by atoms with Crippen molar-refractivity contribution < 1.29 is 9.53 Å². The molecule has 1 amide bonds. The first-order chi connectivity index (χ1) is 11.3. The summed E-state index contributed by atoms with van der Waals surface area (Å²) in [6, 6.07) is 13.0. The summed E-state index contributed by atoms with van der Waals surface area (Å²) >= 11 is 0. The van der Waals surface area contributed by atoms with E-state index in [1.807, 2.05) is 35.2 Å². The van der Waals surface area contributed by atoms with Crippen molar-refractivity contribution in [2.24, 2.45) is 5.73 Å². The summed E-state index contributed by atoms with van der Waals surface area (Å²) in [5.41, 5.74) is 6.20. The van der Waals surface area contributed by atoms with E-state index in [1.165, 1.54) is 0 Å². The Bertz CT molecular complexity index is 660. The first kappa shape index (κ1) is 15.5. The van der Waals surface area contributed by atoms with Crippen molar-refractivity contribution in [3.8, 4) is 11.5 Å². The van der Waals surface area contributed by atoms with Gasteiger partial charge in [0, 0.05) is 31.4 Å². The minimum absolute atomic E-state index is 0.0707. The molecule has 3 rings (SSSR count). The predicted molar refractivity (Wildman–Crippen MR) is 88.5 cm³/mol. The SMILES string of the molecule is NCC1CCCCN1C(=O)c1cc(Oc2ccccc2)ccn1. The van der Waals surface area contributed by atoms with E-state index in [2.05, 4.69) is 4.98 Å². The zero-order valence-electron chi connectivity index (χ0n) is 13.0. The fraction of sp³-hybridized carbons (Fsp3) is 0.333. The zero-order chi connectivity index (χ0) is 16.1. The number of para-hydroxylation sites is 1. The van der Waals surface area contributed by atoms with Crippen LogP contribution in [0.25, 0.3) is 0 Å². The van der Waals surface area contributed by atoms with Gasteiger partial charge >= 0.3 is 0 Å². The van der Waals surface area contributed by atoms with Gasteiger partial charge in [0.05, 0.1) is 0 Å². The number of carbonyl (C=O) groups excluding carboxylic acids is 1. The number of amides is 1. The van der Waals surface area contributed by atoms with Gasteiger partial charge in [-0.25, -0.2) is 0 Å². The van der Waals surface area contributed by atoms with Crippen molar-refractivity contribution in [1.82, 2.24) is 9.88 Å². The van der Waals surface area contributed by atoms with E-state index in [1.54, 1.807) is 18.3 Å². The van der Waals surface area contributed by atoms with E-state index in [4.69, 9.17) is 10.5 Å². The summed E-state index contributed by atoms with van der Waals surface area (Å²) in [5, 5.41) is 0. The molecule has 120 valence electrons. The maximum absolute atomic E-state index is 12.7. The lowest BCUT2D eigenvalue weighted by molar-refractivity contribution is 0.0617. The number of piperidine rings is 1. The van der Waals surface area contributed by atoms with Gasteiger partial charge < -0.3 is 15.4 Å². The van der Waals surface area contributed by atoms with Crippen LogP contribution in [-0.2, 0) is 0 Å². The molecule has 0 radical (unpaired) electrons. The first-order valence-corrected chi connectivity index (χ1v) is 7.98. The number of likely N-dealkylation sites (tertiary alicyclic amines) is 1. The van der Waals surface area contributed by atoms with Crippen LogP contribution in [0.1, 0.15) is 29.8 Å². The molecule has 23 heavy (non-hydrogen) atoms. The number of pyridine rings is 1. The Hall–Kier alpha value is -2.40. The van der Waals surface area contributed by atoms with Crippen LogP contribution in [0, 0.1) is 0 Å². The number of hydrogen-bond donors (Lipinski definition) is 1. The molecule has 1 saturated heterocycles. The first-order valence-electron chi connectivity index (χ1n) is 7.98. The van der Waals surface area contributed by atoms with Crippen LogP contribution in [0.4, 0.5) is 0 Å². The topological polar surface area (TPSA) is 68.5 Å². The van der Waals surface area contributed by atoms with Crippen LogP contribution in [0.15, 0.2) is 48.7 Å². The molecule has 5 heteroatoms. The number of nitrogens with zero attached hydrogens (tertiary/aromatic N) is 2. The van der Waals surface area contributed by atoms with Gasteiger partial charge in [-0.3, -0.25) is 9.78 Å². The third kappa shape index (κ3) is 3.68. The maximum Gasteiger partial charge on any atom is 0.272 e. The molecule has 0 aliphatic carbocycles. The number of ether oxygens (including phenoxy) is 1. The lowest BCUT2D eigenvalue weighted by atomic mass is 10.0. The second-order valence-electron chi connectivity index (χ2n) is 5.68. The lowest BCUT2D eigenvalue weighted by Gasteiger charge is -2.34. The monoisotopic (exact) mass is 311 g/mol. The number of hydrogen-bond acceptors (Lipinski definition) is 4. The van der Waals surface area contributed by atoms with Gasteiger partial charge in [0.1, 0.15) is 17.2 Å². The molecule has 1 aliphatic heterocycles. The highest BCUT2D eigenvalue weighted by atomic mass is 16.5. The van der Waals surface area contributed by atoms with E-state index in [0.29, 0.717) is 18.0 Å². The highest BCUT2D eigenvalue weighted by Gasteiger charge is 2.27. The van der Waals surface area contributed by atoms with Gasteiger partial charge in [-0.1, -0.05) is 18.2 Å². The molecule has 1 aliphatic rings. The van der Waals surface area contributed by atoms with Crippen molar-refractivity contribution in [2.75, 3.05) is 13.1 Å². The highest BCUT2D eigenvalue weighted by Crippen LogP contribution is 2.23. The smallest absolute Gasteiger partial charge is 0.272 e. The maximum atomic E-state index is 12.7. The molecule has 1 atom stereocenters. The number of nitrogens with two attached hydrogens (primary N) is 1. The Kier molecular flexibility index (Phi) is 4.88. The Morgan fingerprint density at radius 3 is 2.83 bits per heavy atom. The molecule has 2 heterocycles. The molecular weight excluding hydrogens is 290 g/mol. The minimum Gasteiger partial charge on any atom is -0.457 e. The predicted octanol–water partition coefficient (Wildman–Crippen LogP) is 2.83. The zero-order valence-corrected chi connectivity index (χ0v) is 13.0. The van der Waals surface area contributed by atoms with E-state index in [0.717, 1.165) is 31.6 Å². The molecule has 0 bridgehead atoms. The molecule has 5 nitrogen and oxygen atoms in total. The second-order valence-corrected chi connectivity index (χ2v) is 5.68. The number of aromatic nitrogens is 1. The van der Waals surface area contributed by atoms with Crippen molar-refractivity contribution >= 4 is 5.91 Å². The number of benzene rings is 1. The normalized spacial score (nSPS) is 17.8. The molecule has 0 saturated carbocycles. The van der Waals surface area contributed by atoms with Gasteiger partial charge in [0.15, 0.2) is 0 Å². The minimum atomic E-state index is -0.0707.